The van der Waals surface area contributed by atoms with E-state index in [-0.39, 0.29) is 0 Å². The molecule has 0 spiro atoms. The van der Waals surface area contributed by atoms with Gasteiger partial charge in [0, 0.05) is 6.04 Å². The zero-order chi connectivity index (χ0) is 10.7. The van der Waals surface area contributed by atoms with Gasteiger partial charge in [-0.05, 0) is 24.6 Å². The highest BCUT2D eigenvalue weighted by molar-refractivity contribution is 5.28. The second-order valence-corrected chi connectivity index (χ2v) is 3.90. The molecule has 1 heterocycles. The van der Waals surface area contributed by atoms with Crippen molar-refractivity contribution >= 4 is 0 Å². The van der Waals surface area contributed by atoms with Crippen molar-refractivity contribution in [3.05, 3.63) is 29.8 Å². The lowest BCUT2D eigenvalue weighted by Crippen LogP contribution is -2.46. The second kappa shape index (κ2) is 4.64. The molecule has 1 N–H and O–H groups in total. The van der Waals surface area contributed by atoms with Gasteiger partial charge in [0.1, 0.15) is 5.75 Å². The van der Waals surface area contributed by atoms with E-state index in [0.29, 0.717) is 12.1 Å². The molecule has 1 aliphatic rings. The molecule has 0 saturated carbocycles. The van der Waals surface area contributed by atoms with Crippen LogP contribution in [0.5, 0.6) is 5.75 Å². The summed E-state index contributed by atoms with van der Waals surface area (Å²) in [4.78, 5) is 0. The van der Waals surface area contributed by atoms with Crippen LogP contribution in [0.15, 0.2) is 24.3 Å². The summed E-state index contributed by atoms with van der Waals surface area (Å²) >= 11 is 0. The van der Waals surface area contributed by atoms with Gasteiger partial charge in [-0.2, -0.15) is 0 Å². The van der Waals surface area contributed by atoms with Crippen LogP contribution in [0.2, 0.25) is 0 Å². The Morgan fingerprint density at radius 2 is 2.00 bits per heavy atom. The van der Waals surface area contributed by atoms with Crippen molar-refractivity contribution in [1.29, 1.82) is 0 Å². The minimum absolute atomic E-state index is 0.366. The first-order chi connectivity index (χ1) is 7.29. The van der Waals surface area contributed by atoms with E-state index in [1.165, 1.54) is 5.56 Å². The molecule has 0 bridgehead atoms. The van der Waals surface area contributed by atoms with E-state index in [1.807, 2.05) is 12.1 Å². The Bertz CT molecular complexity index is 306. The maximum atomic E-state index is 5.13. The van der Waals surface area contributed by atoms with Gasteiger partial charge in [0.2, 0.25) is 0 Å². The summed E-state index contributed by atoms with van der Waals surface area (Å²) in [6.07, 6.45) is 0. The number of benzene rings is 1. The van der Waals surface area contributed by atoms with E-state index in [9.17, 15) is 0 Å². The normalized spacial score (nSPS) is 18.3. The largest absolute Gasteiger partial charge is 0.497 e. The van der Waals surface area contributed by atoms with E-state index in [1.54, 1.807) is 7.11 Å². The van der Waals surface area contributed by atoms with Crippen molar-refractivity contribution in [2.45, 2.75) is 19.0 Å². The number of hydrogen-bond donors (Lipinski definition) is 1. The summed E-state index contributed by atoms with van der Waals surface area (Å²) in [5.74, 6) is 0.901. The lowest BCUT2D eigenvalue weighted by Gasteiger charge is -2.30. The van der Waals surface area contributed by atoms with Crippen LogP contribution in [0, 0.1) is 0 Å². The predicted octanol–water partition coefficient (Wildman–Crippen LogP) is 1.74. The van der Waals surface area contributed by atoms with Crippen molar-refractivity contribution < 1.29 is 9.47 Å². The Labute approximate surface area is 90.4 Å². The molecule has 1 saturated heterocycles. The van der Waals surface area contributed by atoms with Gasteiger partial charge in [0.25, 0.3) is 0 Å². The van der Waals surface area contributed by atoms with Crippen LogP contribution in [-0.2, 0) is 4.74 Å². The first-order valence-corrected chi connectivity index (χ1v) is 5.27. The molecule has 1 aliphatic heterocycles. The molecule has 1 unspecified atom stereocenters. The Morgan fingerprint density at radius 1 is 1.33 bits per heavy atom. The Morgan fingerprint density at radius 3 is 2.47 bits per heavy atom. The summed E-state index contributed by atoms with van der Waals surface area (Å²) in [7, 11) is 1.68. The van der Waals surface area contributed by atoms with Gasteiger partial charge in [-0.25, -0.2) is 0 Å². The highest BCUT2D eigenvalue weighted by atomic mass is 16.5. The van der Waals surface area contributed by atoms with Gasteiger partial charge in [-0.15, -0.1) is 0 Å². The molecule has 0 aliphatic carbocycles. The monoisotopic (exact) mass is 207 g/mol. The fraction of sp³-hybridized carbons (Fsp3) is 0.500. The Kier molecular flexibility index (Phi) is 3.23. The highest BCUT2D eigenvalue weighted by Gasteiger charge is 2.20. The highest BCUT2D eigenvalue weighted by Crippen LogP contribution is 2.18. The summed E-state index contributed by atoms with van der Waals surface area (Å²) in [6.45, 7) is 3.83. The lowest BCUT2D eigenvalue weighted by atomic mass is 10.1. The molecule has 1 aromatic carbocycles. The van der Waals surface area contributed by atoms with Crippen molar-refractivity contribution in [3.8, 4) is 5.75 Å². The molecule has 0 aromatic heterocycles. The first kappa shape index (κ1) is 10.5. The third-order valence-corrected chi connectivity index (χ3v) is 2.74. The van der Waals surface area contributed by atoms with Crippen LogP contribution in [-0.4, -0.2) is 26.4 Å². The fourth-order valence-corrected chi connectivity index (χ4v) is 1.67. The number of rotatable bonds is 4. The molecule has 15 heavy (non-hydrogen) atoms. The summed E-state index contributed by atoms with van der Waals surface area (Å²) in [5, 5.41) is 3.50. The average Bonchev–Trinajstić information content (AvgIpc) is 2.23. The Hall–Kier alpha value is -1.06. The maximum absolute atomic E-state index is 5.13. The summed E-state index contributed by atoms with van der Waals surface area (Å²) in [6, 6.07) is 9.05. The quantitative estimate of drug-likeness (QED) is 0.815. The molecule has 2 rings (SSSR count). The predicted molar refractivity (Wildman–Crippen MR) is 59.2 cm³/mol. The van der Waals surface area contributed by atoms with Gasteiger partial charge in [-0.1, -0.05) is 12.1 Å². The second-order valence-electron chi connectivity index (χ2n) is 3.90. The van der Waals surface area contributed by atoms with Crippen molar-refractivity contribution in [1.82, 2.24) is 5.32 Å². The van der Waals surface area contributed by atoms with Gasteiger partial charge < -0.3 is 14.8 Å². The topological polar surface area (TPSA) is 30.5 Å². The first-order valence-electron chi connectivity index (χ1n) is 5.27. The van der Waals surface area contributed by atoms with Gasteiger partial charge in [-0.3, -0.25) is 0 Å². The molecule has 1 atom stereocenters. The van der Waals surface area contributed by atoms with Crippen LogP contribution in [0.3, 0.4) is 0 Å². The van der Waals surface area contributed by atoms with E-state index >= 15 is 0 Å². The lowest BCUT2D eigenvalue weighted by molar-refractivity contribution is -0.00925. The van der Waals surface area contributed by atoms with E-state index in [0.717, 1.165) is 19.0 Å². The molecule has 3 nitrogen and oxygen atoms in total. The van der Waals surface area contributed by atoms with Gasteiger partial charge in [0.05, 0.1) is 26.4 Å². The maximum Gasteiger partial charge on any atom is 0.118 e. The van der Waals surface area contributed by atoms with Crippen molar-refractivity contribution in [2.75, 3.05) is 20.3 Å². The van der Waals surface area contributed by atoms with Crippen LogP contribution >= 0.6 is 0 Å². The third-order valence-electron chi connectivity index (χ3n) is 2.74. The smallest absolute Gasteiger partial charge is 0.118 e. The van der Waals surface area contributed by atoms with E-state index in [4.69, 9.17) is 9.47 Å². The zero-order valence-corrected chi connectivity index (χ0v) is 9.19. The SMILES string of the molecule is COc1ccc(C(C)NC2COC2)cc1. The van der Waals surface area contributed by atoms with E-state index < -0.39 is 0 Å². The summed E-state index contributed by atoms with van der Waals surface area (Å²) < 4.78 is 10.2. The van der Waals surface area contributed by atoms with Crippen LogP contribution in [0.25, 0.3) is 0 Å². The summed E-state index contributed by atoms with van der Waals surface area (Å²) in [5.41, 5.74) is 1.28. The molecule has 1 fully saturated rings. The Balaban J connectivity index is 1.94. The minimum atomic E-state index is 0.366. The number of methoxy groups -OCH3 is 1. The zero-order valence-electron chi connectivity index (χ0n) is 9.19. The molecule has 0 radical (unpaired) electrons. The molecule has 0 amide bonds. The standard InChI is InChI=1S/C12H17NO2/c1-9(13-11-7-15-8-11)10-3-5-12(14-2)6-4-10/h3-6,9,11,13H,7-8H2,1-2H3. The fourth-order valence-electron chi connectivity index (χ4n) is 1.67. The molecule has 1 aromatic rings. The van der Waals surface area contributed by atoms with Gasteiger partial charge >= 0.3 is 0 Å². The van der Waals surface area contributed by atoms with E-state index in [2.05, 4.69) is 24.4 Å². The van der Waals surface area contributed by atoms with Crippen LogP contribution < -0.4 is 10.1 Å². The number of nitrogens with one attached hydrogen (secondary N) is 1. The van der Waals surface area contributed by atoms with Crippen LogP contribution in [0.4, 0.5) is 0 Å². The van der Waals surface area contributed by atoms with Crippen molar-refractivity contribution in [2.24, 2.45) is 0 Å². The van der Waals surface area contributed by atoms with Gasteiger partial charge in [0.15, 0.2) is 0 Å². The van der Waals surface area contributed by atoms with Crippen LogP contribution in [0.1, 0.15) is 18.5 Å². The van der Waals surface area contributed by atoms with Crippen molar-refractivity contribution in [3.63, 3.8) is 0 Å². The third kappa shape index (κ3) is 2.49. The molecule has 3 heteroatoms. The molecular weight excluding hydrogens is 190 g/mol. The minimum Gasteiger partial charge on any atom is -0.497 e. The average molecular weight is 207 g/mol. The number of ether oxygens (including phenoxy) is 2. The molecule has 82 valence electrons. The molecular formula is C12H17NO2. The number of hydrogen-bond acceptors (Lipinski definition) is 3.